The lowest BCUT2D eigenvalue weighted by Crippen LogP contribution is -2.12. The molecule has 0 heterocycles. The van der Waals surface area contributed by atoms with Gasteiger partial charge in [0.15, 0.2) is 0 Å². The minimum Gasteiger partial charge on any atom is -0.399 e. The molecule has 0 unspecified atom stereocenters. The number of hydrogen-bond acceptors (Lipinski definition) is 2. The highest BCUT2D eigenvalue weighted by atomic mass is 19.4. The minimum absolute atomic E-state index is 0.00248. The Bertz CT molecular complexity index is 719. The summed E-state index contributed by atoms with van der Waals surface area (Å²) in [4.78, 5) is 0. The molecule has 0 spiro atoms. The summed E-state index contributed by atoms with van der Waals surface area (Å²) in [5.74, 6) is -0.824. The van der Waals surface area contributed by atoms with Gasteiger partial charge in [-0.3, -0.25) is 0 Å². The Labute approximate surface area is 124 Å². The van der Waals surface area contributed by atoms with Gasteiger partial charge in [-0.15, -0.1) is 0 Å². The molecule has 0 aliphatic heterocycles. The highest BCUT2D eigenvalue weighted by molar-refractivity contribution is 5.81. The molecule has 0 bridgehead atoms. The number of nitriles is 1. The maximum absolute atomic E-state index is 14.1. The van der Waals surface area contributed by atoms with Gasteiger partial charge in [0.1, 0.15) is 5.82 Å². The van der Waals surface area contributed by atoms with E-state index in [1.807, 2.05) is 0 Å². The molecular weight excluding hydrogens is 296 g/mol. The summed E-state index contributed by atoms with van der Waals surface area (Å²) < 4.78 is 53.1. The number of rotatable bonds is 1. The normalized spacial score (nSPS) is 21.6. The zero-order chi connectivity index (χ0) is 16.3. The first-order valence-electron chi connectivity index (χ1n) is 6.47. The van der Waals surface area contributed by atoms with Gasteiger partial charge in [0.25, 0.3) is 0 Å². The SMILES string of the molecule is N#Cc1cc(N)cc(F)c1C1=C/C=C\CC/C(C(F)(F)F)=C\1. The lowest BCUT2D eigenvalue weighted by Gasteiger charge is -2.15. The molecule has 0 saturated heterocycles. The Balaban J connectivity index is 2.66. The zero-order valence-corrected chi connectivity index (χ0v) is 11.4. The van der Waals surface area contributed by atoms with Gasteiger partial charge in [0.05, 0.1) is 11.6 Å². The van der Waals surface area contributed by atoms with Crippen LogP contribution in [0.25, 0.3) is 5.57 Å². The maximum Gasteiger partial charge on any atom is 0.412 e. The van der Waals surface area contributed by atoms with Gasteiger partial charge in [-0.25, -0.2) is 4.39 Å². The molecule has 1 aliphatic carbocycles. The van der Waals surface area contributed by atoms with Crippen molar-refractivity contribution < 1.29 is 17.6 Å². The molecule has 0 saturated carbocycles. The van der Waals surface area contributed by atoms with Crippen molar-refractivity contribution in [3.8, 4) is 6.07 Å². The van der Waals surface area contributed by atoms with E-state index in [0.717, 1.165) is 12.1 Å². The Morgan fingerprint density at radius 2 is 1.95 bits per heavy atom. The van der Waals surface area contributed by atoms with E-state index < -0.39 is 17.6 Å². The van der Waals surface area contributed by atoms with Crippen LogP contribution in [0.2, 0.25) is 0 Å². The standard InChI is InChI=1S/C16H12F4N2/c17-14-8-13(22)7-11(9-21)15(14)10-4-2-1-3-5-12(6-10)16(18,19)20/h1-2,4,6-8H,3,5,22H2/b2-1-,10-4+,12-6+. The summed E-state index contributed by atoms with van der Waals surface area (Å²) in [6.45, 7) is 0. The van der Waals surface area contributed by atoms with Crippen LogP contribution in [0, 0.1) is 17.1 Å². The van der Waals surface area contributed by atoms with Crippen LogP contribution >= 0.6 is 0 Å². The third-order valence-electron chi connectivity index (χ3n) is 3.21. The van der Waals surface area contributed by atoms with Crippen molar-refractivity contribution in [3.63, 3.8) is 0 Å². The van der Waals surface area contributed by atoms with E-state index in [4.69, 9.17) is 11.0 Å². The highest BCUT2D eigenvalue weighted by Crippen LogP contribution is 2.35. The predicted molar refractivity (Wildman–Crippen MR) is 76.0 cm³/mol. The first kappa shape index (κ1) is 15.8. The summed E-state index contributed by atoms with van der Waals surface area (Å²) in [7, 11) is 0. The lowest BCUT2D eigenvalue weighted by atomic mass is 9.94. The quantitative estimate of drug-likeness (QED) is 0.613. The van der Waals surface area contributed by atoms with Gasteiger partial charge in [0.2, 0.25) is 0 Å². The number of halogens is 4. The number of hydrogen-bond donors (Lipinski definition) is 1. The van der Waals surface area contributed by atoms with Crippen molar-refractivity contribution in [1.29, 1.82) is 5.26 Å². The van der Waals surface area contributed by atoms with Crippen LogP contribution in [0.4, 0.5) is 23.2 Å². The fourth-order valence-corrected chi connectivity index (χ4v) is 2.20. The molecule has 0 radical (unpaired) electrons. The van der Waals surface area contributed by atoms with Crippen molar-refractivity contribution in [1.82, 2.24) is 0 Å². The number of allylic oxidation sites excluding steroid dienone is 6. The first-order valence-corrected chi connectivity index (χ1v) is 6.47. The van der Waals surface area contributed by atoms with E-state index in [-0.39, 0.29) is 35.2 Å². The summed E-state index contributed by atoms with van der Waals surface area (Å²) in [5.41, 5.74) is 4.47. The molecule has 114 valence electrons. The summed E-state index contributed by atoms with van der Waals surface area (Å²) >= 11 is 0. The fraction of sp³-hybridized carbons (Fsp3) is 0.188. The Morgan fingerprint density at radius 1 is 1.23 bits per heavy atom. The molecule has 0 fully saturated rings. The van der Waals surface area contributed by atoms with E-state index in [1.54, 1.807) is 18.2 Å². The van der Waals surface area contributed by atoms with E-state index >= 15 is 0 Å². The third-order valence-corrected chi connectivity index (χ3v) is 3.21. The number of nitrogens with zero attached hydrogens (tertiary/aromatic N) is 1. The fourth-order valence-electron chi connectivity index (χ4n) is 2.20. The van der Waals surface area contributed by atoms with Gasteiger partial charge in [0, 0.05) is 16.8 Å². The molecule has 2 nitrogen and oxygen atoms in total. The number of nitrogens with two attached hydrogens (primary N) is 1. The van der Waals surface area contributed by atoms with Crippen molar-refractivity contribution in [2.24, 2.45) is 0 Å². The van der Waals surface area contributed by atoms with Crippen molar-refractivity contribution in [2.45, 2.75) is 19.0 Å². The molecule has 22 heavy (non-hydrogen) atoms. The molecule has 0 atom stereocenters. The second-order valence-corrected chi connectivity index (χ2v) is 4.79. The summed E-state index contributed by atoms with van der Waals surface area (Å²) in [6.07, 6.45) is 0.914. The summed E-state index contributed by atoms with van der Waals surface area (Å²) in [5, 5.41) is 9.09. The first-order chi connectivity index (χ1) is 10.3. The maximum atomic E-state index is 14.1. The molecule has 1 aromatic carbocycles. The van der Waals surface area contributed by atoms with Crippen LogP contribution in [0.15, 0.2) is 42.0 Å². The van der Waals surface area contributed by atoms with E-state index in [9.17, 15) is 17.6 Å². The van der Waals surface area contributed by atoms with Crippen molar-refractivity contribution in [3.05, 3.63) is 59.0 Å². The third kappa shape index (κ3) is 3.37. The van der Waals surface area contributed by atoms with Crippen LogP contribution in [-0.2, 0) is 0 Å². The average Bonchev–Trinajstić information content (AvgIpc) is 2.37. The Kier molecular flexibility index (Phi) is 4.36. The van der Waals surface area contributed by atoms with Gasteiger partial charge >= 0.3 is 6.18 Å². The summed E-state index contributed by atoms with van der Waals surface area (Å²) in [6, 6.07) is 3.99. The zero-order valence-electron chi connectivity index (χ0n) is 11.4. The second kappa shape index (κ2) is 6.06. The van der Waals surface area contributed by atoms with Crippen LogP contribution in [0.3, 0.4) is 0 Å². The number of benzene rings is 1. The highest BCUT2D eigenvalue weighted by Gasteiger charge is 2.33. The minimum atomic E-state index is -4.50. The average molecular weight is 308 g/mol. The molecule has 0 amide bonds. The number of anilines is 1. The lowest BCUT2D eigenvalue weighted by molar-refractivity contribution is -0.0938. The van der Waals surface area contributed by atoms with E-state index in [0.29, 0.717) is 0 Å². The molecule has 2 rings (SSSR count). The number of alkyl halides is 3. The van der Waals surface area contributed by atoms with Crippen molar-refractivity contribution in [2.75, 3.05) is 5.73 Å². The van der Waals surface area contributed by atoms with Gasteiger partial charge < -0.3 is 5.73 Å². The Hall–Kier alpha value is -2.55. The molecular formula is C16H12F4N2. The smallest absolute Gasteiger partial charge is 0.399 e. The topological polar surface area (TPSA) is 49.8 Å². The monoisotopic (exact) mass is 308 g/mol. The number of nitrogen functional groups attached to an aromatic ring is 1. The van der Waals surface area contributed by atoms with Crippen LogP contribution in [0.1, 0.15) is 24.0 Å². The van der Waals surface area contributed by atoms with E-state index in [1.165, 1.54) is 12.1 Å². The van der Waals surface area contributed by atoms with Gasteiger partial charge in [-0.1, -0.05) is 18.2 Å². The van der Waals surface area contributed by atoms with Crippen molar-refractivity contribution >= 4 is 11.3 Å². The Morgan fingerprint density at radius 3 is 2.59 bits per heavy atom. The van der Waals surface area contributed by atoms with Gasteiger partial charge in [-0.05, 0) is 36.6 Å². The van der Waals surface area contributed by atoms with Crippen LogP contribution in [0.5, 0.6) is 0 Å². The molecule has 0 aromatic heterocycles. The molecule has 1 aliphatic rings. The van der Waals surface area contributed by atoms with Crippen LogP contribution < -0.4 is 5.73 Å². The molecule has 6 heteroatoms. The largest absolute Gasteiger partial charge is 0.412 e. The molecule has 2 N–H and O–H groups in total. The predicted octanol–water partition coefficient (Wildman–Crippen LogP) is 4.50. The van der Waals surface area contributed by atoms with E-state index in [2.05, 4.69) is 0 Å². The van der Waals surface area contributed by atoms with Crippen LogP contribution in [-0.4, -0.2) is 6.18 Å². The second-order valence-electron chi connectivity index (χ2n) is 4.79. The van der Waals surface area contributed by atoms with Gasteiger partial charge in [-0.2, -0.15) is 18.4 Å². The molecule has 1 aromatic rings.